The van der Waals surface area contributed by atoms with Crippen LogP contribution >= 0.6 is 22.9 Å². The van der Waals surface area contributed by atoms with Gasteiger partial charge in [0.05, 0.1) is 20.8 Å². The SMILES string of the molecule is COc1ccc(-c2cccc(NCc3cnc(Cl)s3)c2)c(OC)c1. The molecule has 1 heterocycles. The second-order valence-electron chi connectivity index (χ2n) is 5.08. The first-order valence-corrected chi connectivity index (χ1v) is 8.55. The number of benzene rings is 2. The number of hydrogen-bond donors (Lipinski definition) is 1. The normalized spacial score (nSPS) is 10.5. The molecule has 3 aromatic rings. The maximum Gasteiger partial charge on any atom is 0.183 e. The highest BCUT2D eigenvalue weighted by atomic mass is 35.5. The van der Waals surface area contributed by atoms with E-state index in [2.05, 4.69) is 22.4 Å². The number of nitrogens with zero attached hydrogens (tertiary/aromatic N) is 1. The summed E-state index contributed by atoms with van der Waals surface area (Å²) in [5.74, 6) is 1.55. The first kappa shape index (κ1) is 16.6. The maximum atomic E-state index is 5.86. The zero-order valence-corrected chi connectivity index (χ0v) is 14.9. The fourth-order valence-electron chi connectivity index (χ4n) is 2.39. The van der Waals surface area contributed by atoms with Gasteiger partial charge in [0, 0.05) is 28.4 Å². The van der Waals surface area contributed by atoms with Crippen LogP contribution in [0.3, 0.4) is 0 Å². The number of halogens is 1. The van der Waals surface area contributed by atoms with E-state index in [1.165, 1.54) is 11.3 Å². The second-order valence-corrected chi connectivity index (χ2v) is 6.78. The first-order valence-electron chi connectivity index (χ1n) is 7.36. The third kappa shape index (κ3) is 3.80. The van der Waals surface area contributed by atoms with Crippen LogP contribution in [0.15, 0.2) is 48.7 Å². The van der Waals surface area contributed by atoms with Crippen molar-refractivity contribution >= 4 is 28.6 Å². The van der Waals surface area contributed by atoms with Gasteiger partial charge >= 0.3 is 0 Å². The Hall–Kier alpha value is -2.24. The van der Waals surface area contributed by atoms with Gasteiger partial charge in [-0.15, -0.1) is 11.3 Å². The third-order valence-corrected chi connectivity index (χ3v) is 4.69. The van der Waals surface area contributed by atoms with Crippen LogP contribution in [0.5, 0.6) is 11.5 Å². The molecule has 1 aromatic heterocycles. The number of anilines is 1. The zero-order valence-electron chi connectivity index (χ0n) is 13.4. The van der Waals surface area contributed by atoms with Crippen LogP contribution in [0.1, 0.15) is 4.88 Å². The smallest absolute Gasteiger partial charge is 0.183 e. The Morgan fingerprint density at radius 3 is 2.71 bits per heavy atom. The molecule has 0 spiro atoms. The summed E-state index contributed by atoms with van der Waals surface area (Å²) in [5, 5.41) is 3.39. The number of thiazole rings is 1. The molecule has 6 heteroatoms. The predicted molar refractivity (Wildman–Crippen MR) is 99.4 cm³/mol. The molecule has 0 amide bonds. The topological polar surface area (TPSA) is 43.4 Å². The van der Waals surface area contributed by atoms with Gasteiger partial charge in [0.2, 0.25) is 0 Å². The quantitative estimate of drug-likeness (QED) is 0.664. The lowest BCUT2D eigenvalue weighted by molar-refractivity contribution is 0.395. The van der Waals surface area contributed by atoms with Crippen LogP contribution in [0, 0.1) is 0 Å². The number of rotatable bonds is 6. The molecule has 0 bridgehead atoms. The third-order valence-electron chi connectivity index (χ3n) is 3.57. The number of nitrogens with one attached hydrogen (secondary N) is 1. The second kappa shape index (κ2) is 7.55. The Labute approximate surface area is 150 Å². The molecular weight excluding hydrogens is 344 g/mol. The molecule has 0 saturated carbocycles. The summed E-state index contributed by atoms with van der Waals surface area (Å²) in [6.45, 7) is 0.688. The lowest BCUT2D eigenvalue weighted by Crippen LogP contribution is -1.97. The van der Waals surface area contributed by atoms with Crippen molar-refractivity contribution in [1.29, 1.82) is 0 Å². The molecule has 0 atom stereocenters. The molecule has 0 radical (unpaired) electrons. The van der Waals surface area contributed by atoms with Gasteiger partial charge in [-0.05, 0) is 29.8 Å². The van der Waals surface area contributed by atoms with Gasteiger partial charge in [-0.1, -0.05) is 23.7 Å². The largest absolute Gasteiger partial charge is 0.497 e. The minimum absolute atomic E-state index is 0.559. The van der Waals surface area contributed by atoms with Crippen LogP contribution in [-0.2, 0) is 6.54 Å². The number of ether oxygens (including phenoxy) is 2. The molecule has 0 aliphatic carbocycles. The van der Waals surface area contributed by atoms with Crippen molar-refractivity contribution in [2.45, 2.75) is 6.54 Å². The van der Waals surface area contributed by atoms with E-state index in [1.54, 1.807) is 20.4 Å². The highest BCUT2D eigenvalue weighted by molar-refractivity contribution is 7.15. The van der Waals surface area contributed by atoms with E-state index in [0.29, 0.717) is 11.0 Å². The van der Waals surface area contributed by atoms with E-state index >= 15 is 0 Å². The lowest BCUT2D eigenvalue weighted by Gasteiger charge is -2.12. The Morgan fingerprint density at radius 2 is 2.00 bits per heavy atom. The molecule has 3 rings (SSSR count). The summed E-state index contributed by atoms with van der Waals surface area (Å²) in [6, 6.07) is 14.0. The van der Waals surface area contributed by atoms with Gasteiger partial charge in [0.15, 0.2) is 4.47 Å². The number of methoxy groups -OCH3 is 2. The van der Waals surface area contributed by atoms with Gasteiger partial charge < -0.3 is 14.8 Å². The predicted octanol–water partition coefficient (Wildman–Crippen LogP) is 5.09. The Morgan fingerprint density at radius 1 is 1.12 bits per heavy atom. The van der Waals surface area contributed by atoms with Crippen molar-refractivity contribution in [3.05, 3.63) is 58.0 Å². The van der Waals surface area contributed by atoms with Crippen molar-refractivity contribution in [2.75, 3.05) is 19.5 Å². The number of hydrogen-bond acceptors (Lipinski definition) is 5. The Bertz CT molecular complexity index is 835. The molecule has 0 aliphatic rings. The van der Waals surface area contributed by atoms with Crippen LogP contribution in [0.4, 0.5) is 5.69 Å². The summed E-state index contributed by atoms with van der Waals surface area (Å²) < 4.78 is 11.3. The van der Waals surface area contributed by atoms with Crippen molar-refractivity contribution in [2.24, 2.45) is 0 Å². The molecule has 24 heavy (non-hydrogen) atoms. The average molecular weight is 361 g/mol. The van der Waals surface area contributed by atoms with Crippen LogP contribution in [0.2, 0.25) is 4.47 Å². The fourth-order valence-corrected chi connectivity index (χ4v) is 3.31. The average Bonchev–Trinajstić information content (AvgIpc) is 3.05. The van der Waals surface area contributed by atoms with E-state index in [4.69, 9.17) is 21.1 Å². The van der Waals surface area contributed by atoms with E-state index < -0.39 is 0 Å². The molecule has 0 fully saturated rings. The van der Waals surface area contributed by atoms with Crippen molar-refractivity contribution < 1.29 is 9.47 Å². The maximum absolute atomic E-state index is 5.86. The monoisotopic (exact) mass is 360 g/mol. The number of aromatic nitrogens is 1. The molecule has 4 nitrogen and oxygen atoms in total. The van der Waals surface area contributed by atoms with Crippen molar-refractivity contribution in [1.82, 2.24) is 4.98 Å². The molecule has 0 aliphatic heterocycles. The summed E-state index contributed by atoms with van der Waals surface area (Å²) in [4.78, 5) is 5.14. The molecule has 0 saturated heterocycles. The summed E-state index contributed by atoms with van der Waals surface area (Å²) in [7, 11) is 3.30. The van der Waals surface area contributed by atoms with E-state index in [0.717, 1.165) is 33.2 Å². The van der Waals surface area contributed by atoms with Crippen LogP contribution in [0.25, 0.3) is 11.1 Å². The molecule has 0 unspecified atom stereocenters. The van der Waals surface area contributed by atoms with Crippen LogP contribution in [-0.4, -0.2) is 19.2 Å². The Balaban J connectivity index is 1.82. The van der Waals surface area contributed by atoms with E-state index in [-0.39, 0.29) is 0 Å². The lowest BCUT2D eigenvalue weighted by atomic mass is 10.0. The minimum atomic E-state index is 0.559. The van der Waals surface area contributed by atoms with Gasteiger partial charge in [0.25, 0.3) is 0 Å². The van der Waals surface area contributed by atoms with Gasteiger partial charge in [0.1, 0.15) is 11.5 Å². The molecular formula is C18H17ClN2O2S. The van der Waals surface area contributed by atoms with Crippen molar-refractivity contribution in [3.63, 3.8) is 0 Å². The molecule has 124 valence electrons. The summed E-state index contributed by atoms with van der Waals surface area (Å²) in [6.07, 6.45) is 1.79. The van der Waals surface area contributed by atoms with Crippen LogP contribution < -0.4 is 14.8 Å². The molecule has 2 aromatic carbocycles. The van der Waals surface area contributed by atoms with Gasteiger partial charge in [-0.3, -0.25) is 0 Å². The first-order chi connectivity index (χ1) is 11.7. The molecule has 1 N–H and O–H groups in total. The van der Waals surface area contributed by atoms with E-state index in [1.807, 2.05) is 30.3 Å². The Kier molecular flexibility index (Phi) is 5.23. The fraction of sp³-hybridized carbons (Fsp3) is 0.167. The van der Waals surface area contributed by atoms with Gasteiger partial charge in [-0.2, -0.15) is 0 Å². The zero-order chi connectivity index (χ0) is 16.9. The van der Waals surface area contributed by atoms with E-state index in [9.17, 15) is 0 Å². The van der Waals surface area contributed by atoms with Crippen molar-refractivity contribution in [3.8, 4) is 22.6 Å². The highest BCUT2D eigenvalue weighted by Gasteiger charge is 2.08. The van der Waals surface area contributed by atoms with Gasteiger partial charge in [-0.25, -0.2) is 4.98 Å². The highest BCUT2D eigenvalue weighted by Crippen LogP contribution is 2.34. The summed E-state index contributed by atoms with van der Waals surface area (Å²) in [5.41, 5.74) is 3.11. The minimum Gasteiger partial charge on any atom is -0.497 e. The summed E-state index contributed by atoms with van der Waals surface area (Å²) >= 11 is 7.34. The standard InChI is InChI=1S/C18H17ClN2O2S/c1-22-14-6-7-16(17(9-14)23-2)12-4-3-5-13(8-12)20-10-15-11-21-18(19)24-15/h3-9,11,20H,10H2,1-2H3.